The number of imidazole rings is 1. The first-order valence-electron chi connectivity index (χ1n) is 9.12. The minimum absolute atomic E-state index is 0.249. The molecular formula is C20H24BrFN2O3. The molecule has 1 unspecified atom stereocenters. The molecule has 1 N–H and O–H groups in total. The predicted octanol–water partition coefficient (Wildman–Crippen LogP) is 4.79. The van der Waals surface area contributed by atoms with Crippen molar-refractivity contribution < 1.29 is 19.0 Å². The van der Waals surface area contributed by atoms with E-state index < -0.39 is 11.9 Å². The molecule has 0 spiro atoms. The number of aromatic nitrogens is 2. The van der Waals surface area contributed by atoms with Gasteiger partial charge in [-0.2, -0.15) is 0 Å². The molecule has 1 aliphatic rings. The van der Waals surface area contributed by atoms with Gasteiger partial charge in [-0.05, 0) is 44.4 Å². The molecule has 1 aromatic heterocycles. The minimum Gasteiger partial charge on any atom is -0.394 e. The molecule has 7 heteroatoms. The van der Waals surface area contributed by atoms with E-state index in [0.29, 0.717) is 18.0 Å². The Hall–Kier alpha value is -1.54. The summed E-state index contributed by atoms with van der Waals surface area (Å²) in [6.07, 6.45) is 7.16. The third-order valence-corrected chi connectivity index (χ3v) is 5.09. The van der Waals surface area contributed by atoms with Crippen molar-refractivity contribution in [1.29, 1.82) is 0 Å². The predicted molar refractivity (Wildman–Crippen MR) is 105 cm³/mol. The second-order valence-corrected chi connectivity index (χ2v) is 7.45. The first-order valence-corrected chi connectivity index (χ1v) is 9.91. The zero-order chi connectivity index (χ0) is 19.2. The largest absolute Gasteiger partial charge is 0.394 e. The summed E-state index contributed by atoms with van der Waals surface area (Å²) in [7, 11) is 0. The fraction of sp³-hybridized carbons (Fsp3) is 0.450. The van der Waals surface area contributed by atoms with E-state index in [1.807, 2.05) is 6.92 Å². The molecule has 1 aliphatic heterocycles. The number of ether oxygens (including phenoxy) is 2. The zero-order valence-electron chi connectivity index (χ0n) is 15.2. The lowest BCUT2D eigenvalue weighted by Gasteiger charge is -2.27. The van der Waals surface area contributed by atoms with Gasteiger partial charge in [-0.3, -0.25) is 0 Å². The summed E-state index contributed by atoms with van der Waals surface area (Å²) in [6, 6.07) is 6.35. The van der Waals surface area contributed by atoms with Crippen LogP contribution in [0.2, 0.25) is 0 Å². The molecule has 0 aliphatic carbocycles. The molecule has 5 nitrogen and oxygen atoms in total. The summed E-state index contributed by atoms with van der Waals surface area (Å²) in [5.41, 5.74) is 0.457. The molecule has 0 saturated carbocycles. The maximum Gasteiger partial charge on any atom is 0.158 e. The van der Waals surface area contributed by atoms with Crippen LogP contribution in [-0.2, 0) is 9.47 Å². The molecule has 27 heavy (non-hydrogen) atoms. The van der Waals surface area contributed by atoms with Gasteiger partial charge in [0.2, 0.25) is 0 Å². The van der Waals surface area contributed by atoms with Gasteiger partial charge in [-0.25, -0.2) is 9.37 Å². The first kappa shape index (κ1) is 20.2. The number of aliphatic hydroxyl groups is 1. The Bertz CT molecular complexity index is 757. The fourth-order valence-corrected chi connectivity index (χ4v) is 3.39. The molecule has 1 aromatic carbocycles. The van der Waals surface area contributed by atoms with Crippen LogP contribution in [0.15, 0.2) is 47.2 Å². The number of nitrogens with zero attached hydrogens (tertiary/aromatic N) is 2. The maximum absolute atomic E-state index is 14.7. The Morgan fingerprint density at radius 3 is 2.89 bits per heavy atom. The minimum atomic E-state index is -0.579. The van der Waals surface area contributed by atoms with Gasteiger partial charge in [0.25, 0.3) is 0 Å². The first-order chi connectivity index (χ1) is 13.1. The number of halogens is 2. The fourth-order valence-electron chi connectivity index (χ4n) is 3.12. The molecule has 0 radical (unpaired) electrons. The Morgan fingerprint density at radius 1 is 1.44 bits per heavy atom. The molecule has 2 aromatic rings. The molecule has 3 rings (SSSR count). The smallest absolute Gasteiger partial charge is 0.158 e. The number of aliphatic hydroxyl groups excluding tert-OH is 1. The second-order valence-electron chi connectivity index (χ2n) is 6.54. The van der Waals surface area contributed by atoms with Crippen LogP contribution in [0.3, 0.4) is 0 Å². The van der Waals surface area contributed by atoms with Crippen LogP contribution >= 0.6 is 15.9 Å². The van der Waals surface area contributed by atoms with E-state index in [0.717, 1.165) is 23.7 Å². The van der Waals surface area contributed by atoms with Crippen molar-refractivity contribution in [3.8, 4) is 0 Å². The summed E-state index contributed by atoms with van der Waals surface area (Å²) in [6.45, 7) is 2.34. The summed E-state index contributed by atoms with van der Waals surface area (Å²) >= 11 is 3.34. The number of hydrogen-bond acceptors (Lipinski definition) is 4. The van der Waals surface area contributed by atoms with Gasteiger partial charge >= 0.3 is 0 Å². The van der Waals surface area contributed by atoms with Crippen LogP contribution in [0.4, 0.5) is 4.39 Å². The standard InChI is InChI=1S/C20H24BrFN2O3/c1-14(27-19-4-2-3-11-26-19)20-23-9-10-24(20)17(13-25)12-18(22)15-5-7-16(21)8-6-15/h5-10,12,14,17,19,25H,2-4,11,13H2,1H3/b18-12-/t14-,17-,19?/m0/s1. The molecule has 0 amide bonds. The van der Waals surface area contributed by atoms with Crippen LogP contribution < -0.4 is 0 Å². The van der Waals surface area contributed by atoms with Crippen LogP contribution in [-0.4, -0.2) is 34.2 Å². The van der Waals surface area contributed by atoms with Gasteiger partial charge in [0.05, 0.1) is 12.6 Å². The number of hydrogen-bond donors (Lipinski definition) is 1. The third kappa shape index (κ3) is 5.25. The van der Waals surface area contributed by atoms with Gasteiger partial charge in [0.15, 0.2) is 6.29 Å². The number of rotatable bonds is 7. The highest BCUT2D eigenvalue weighted by atomic mass is 79.9. The normalized spacial score (nSPS) is 20.4. The Morgan fingerprint density at radius 2 is 2.22 bits per heavy atom. The highest BCUT2D eigenvalue weighted by Crippen LogP contribution is 2.27. The molecule has 0 bridgehead atoms. The highest BCUT2D eigenvalue weighted by molar-refractivity contribution is 9.10. The molecule has 1 fully saturated rings. The average Bonchev–Trinajstić information content (AvgIpc) is 3.17. The van der Waals surface area contributed by atoms with E-state index in [4.69, 9.17) is 9.47 Å². The van der Waals surface area contributed by atoms with E-state index in [1.165, 1.54) is 6.08 Å². The van der Waals surface area contributed by atoms with Crippen molar-refractivity contribution in [1.82, 2.24) is 9.55 Å². The Labute approximate surface area is 167 Å². The van der Waals surface area contributed by atoms with E-state index in [1.54, 1.807) is 41.2 Å². The van der Waals surface area contributed by atoms with Crippen molar-refractivity contribution in [2.75, 3.05) is 13.2 Å². The van der Waals surface area contributed by atoms with E-state index in [2.05, 4.69) is 20.9 Å². The lowest BCUT2D eigenvalue weighted by Crippen LogP contribution is -2.25. The third-order valence-electron chi connectivity index (χ3n) is 4.56. The molecule has 146 valence electrons. The molecular weight excluding hydrogens is 415 g/mol. The van der Waals surface area contributed by atoms with Crippen LogP contribution in [0.25, 0.3) is 5.83 Å². The van der Waals surface area contributed by atoms with Crippen molar-refractivity contribution >= 4 is 21.8 Å². The van der Waals surface area contributed by atoms with E-state index >= 15 is 0 Å². The van der Waals surface area contributed by atoms with Crippen molar-refractivity contribution in [2.45, 2.75) is 44.6 Å². The van der Waals surface area contributed by atoms with Crippen LogP contribution in [0, 0.1) is 0 Å². The summed E-state index contributed by atoms with van der Waals surface area (Å²) in [5.74, 6) is 0.230. The Balaban J connectivity index is 1.76. The van der Waals surface area contributed by atoms with E-state index in [9.17, 15) is 9.50 Å². The van der Waals surface area contributed by atoms with Crippen molar-refractivity contribution in [3.63, 3.8) is 0 Å². The SMILES string of the molecule is C[C@H](OC1CCCCO1)c1nccn1[C@@H](/C=C(\F)c1ccc(Br)cc1)CO. The van der Waals surface area contributed by atoms with Crippen molar-refractivity contribution in [3.05, 3.63) is 58.6 Å². The maximum atomic E-state index is 14.7. The summed E-state index contributed by atoms with van der Waals surface area (Å²) < 4.78 is 28.9. The van der Waals surface area contributed by atoms with Gasteiger partial charge in [0, 0.05) is 29.0 Å². The second kappa shape index (κ2) is 9.59. The Kier molecular flexibility index (Phi) is 7.18. The van der Waals surface area contributed by atoms with Crippen LogP contribution in [0.5, 0.6) is 0 Å². The lowest BCUT2D eigenvalue weighted by atomic mass is 10.1. The lowest BCUT2D eigenvalue weighted by molar-refractivity contribution is -0.188. The van der Waals surface area contributed by atoms with E-state index in [-0.39, 0.29) is 19.0 Å². The molecule has 2 heterocycles. The summed E-state index contributed by atoms with van der Waals surface area (Å²) in [5, 5.41) is 9.83. The van der Waals surface area contributed by atoms with Crippen LogP contribution in [0.1, 0.15) is 49.7 Å². The molecule has 1 saturated heterocycles. The molecule has 3 atom stereocenters. The van der Waals surface area contributed by atoms with Crippen molar-refractivity contribution in [2.24, 2.45) is 0 Å². The average molecular weight is 439 g/mol. The highest BCUT2D eigenvalue weighted by Gasteiger charge is 2.23. The van der Waals surface area contributed by atoms with Gasteiger partial charge in [-0.15, -0.1) is 0 Å². The monoisotopic (exact) mass is 438 g/mol. The van der Waals surface area contributed by atoms with Gasteiger partial charge < -0.3 is 19.1 Å². The number of benzene rings is 1. The van der Waals surface area contributed by atoms with Gasteiger partial charge in [0.1, 0.15) is 17.8 Å². The van der Waals surface area contributed by atoms with Gasteiger partial charge in [-0.1, -0.05) is 28.1 Å². The quantitative estimate of drug-likeness (QED) is 0.674. The zero-order valence-corrected chi connectivity index (χ0v) is 16.8. The summed E-state index contributed by atoms with van der Waals surface area (Å²) in [4.78, 5) is 4.36. The topological polar surface area (TPSA) is 56.5 Å².